The number of hydrogen-bond donors (Lipinski definition) is 6. The van der Waals surface area contributed by atoms with Crippen molar-refractivity contribution in [2.75, 3.05) is 0 Å². The standard InChI is InChI=1S/2C12H14N2O2/c2*13-9(6-12(15)16)5-8-7-14-11-4-2-1-3-10(8)11/h2*1-4,7,9,14H,5-6,13H2,(H,15,16)/t9-;/m0./s1. The molecule has 8 heteroatoms. The van der Waals surface area contributed by atoms with Gasteiger partial charge >= 0.3 is 11.9 Å². The SMILES string of the molecule is NC(CC(=O)O)Cc1c[nH]c2ccccc12.N[C@H](CC(=O)O)Cc1c[nH]c2ccccc12. The van der Waals surface area contributed by atoms with Crippen molar-refractivity contribution in [3.8, 4) is 0 Å². The lowest BCUT2D eigenvalue weighted by Crippen LogP contribution is -2.25. The molecule has 2 heterocycles. The molecule has 0 fully saturated rings. The fraction of sp³-hybridized carbons (Fsp3) is 0.250. The van der Waals surface area contributed by atoms with Gasteiger partial charge in [-0.2, -0.15) is 0 Å². The van der Waals surface area contributed by atoms with Crippen LogP contribution in [0.3, 0.4) is 0 Å². The highest BCUT2D eigenvalue weighted by molar-refractivity contribution is 5.84. The average molecular weight is 437 g/mol. The second-order valence-corrected chi connectivity index (χ2v) is 7.84. The summed E-state index contributed by atoms with van der Waals surface area (Å²) in [6, 6.07) is 15.2. The Labute approximate surface area is 185 Å². The number of carboxylic acid groups (broad SMARTS) is 2. The van der Waals surface area contributed by atoms with Crippen molar-refractivity contribution in [3.63, 3.8) is 0 Å². The van der Waals surface area contributed by atoms with E-state index in [0.717, 1.165) is 32.9 Å². The zero-order valence-corrected chi connectivity index (χ0v) is 17.6. The Morgan fingerprint density at radius 1 is 0.719 bits per heavy atom. The highest BCUT2D eigenvalue weighted by Gasteiger charge is 2.12. The summed E-state index contributed by atoms with van der Waals surface area (Å²) in [5, 5.41) is 19.5. The molecule has 0 radical (unpaired) electrons. The van der Waals surface area contributed by atoms with Crippen molar-refractivity contribution < 1.29 is 19.8 Å². The molecule has 2 aromatic carbocycles. The largest absolute Gasteiger partial charge is 0.481 e. The molecule has 2 aromatic heterocycles. The van der Waals surface area contributed by atoms with Crippen LogP contribution in [-0.2, 0) is 22.4 Å². The molecular weight excluding hydrogens is 408 g/mol. The zero-order chi connectivity index (χ0) is 23.1. The van der Waals surface area contributed by atoms with Crippen LogP contribution in [0.5, 0.6) is 0 Å². The minimum Gasteiger partial charge on any atom is -0.481 e. The summed E-state index contributed by atoms with van der Waals surface area (Å²) < 4.78 is 0. The van der Waals surface area contributed by atoms with Gasteiger partial charge in [-0.15, -0.1) is 0 Å². The summed E-state index contributed by atoms with van der Waals surface area (Å²) in [7, 11) is 0. The molecule has 0 amide bonds. The van der Waals surface area contributed by atoms with Gasteiger partial charge in [0.25, 0.3) is 0 Å². The number of aromatic amines is 2. The predicted octanol–water partition coefficient (Wildman–Crippen LogP) is 3.02. The van der Waals surface area contributed by atoms with Crippen LogP contribution >= 0.6 is 0 Å². The summed E-state index contributed by atoms with van der Waals surface area (Å²) in [5.41, 5.74) is 15.8. The van der Waals surface area contributed by atoms with Crippen LogP contribution in [0.1, 0.15) is 24.0 Å². The van der Waals surface area contributed by atoms with Gasteiger partial charge in [0.2, 0.25) is 0 Å². The van der Waals surface area contributed by atoms with Gasteiger partial charge in [-0.25, -0.2) is 0 Å². The van der Waals surface area contributed by atoms with Crippen LogP contribution in [0, 0.1) is 0 Å². The Morgan fingerprint density at radius 3 is 1.47 bits per heavy atom. The number of hydrogen-bond acceptors (Lipinski definition) is 4. The van der Waals surface area contributed by atoms with Gasteiger partial charge in [-0.05, 0) is 36.1 Å². The maximum absolute atomic E-state index is 10.5. The van der Waals surface area contributed by atoms with Gasteiger partial charge < -0.3 is 31.6 Å². The maximum atomic E-state index is 10.5. The summed E-state index contributed by atoms with van der Waals surface area (Å²) >= 11 is 0. The third-order valence-electron chi connectivity index (χ3n) is 5.19. The number of aromatic nitrogens is 2. The van der Waals surface area contributed by atoms with Gasteiger partial charge in [0.15, 0.2) is 0 Å². The number of fused-ring (bicyclic) bond motifs is 2. The van der Waals surface area contributed by atoms with Crippen LogP contribution < -0.4 is 11.5 Å². The number of carboxylic acids is 2. The van der Waals surface area contributed by atoms with E-state index in [1.807, 2.05) is 60.9 Å². The summed E-state index contributed by atoms with van der Waals surface area (Å²) in [5.74, 6) is -1.71. The molecule has 0 spiro atoms. The molecule has 0 aliphatic rings. The summed E-state index contributed by atoms with van der Waals surface area (Å²) in [6.45, 7) is 0. The number of nitrogens with one attached hydrogen (secondary N) is 2. The lowest BCUT2D eigenvalue weighted by Gasteiger charge is -2.07. The monoisotopic (exact) mass is 436 g/mol. The van der Waals surface area contributed by atoms with Crippen LogP contribution in [-0.4, -0.2) is 44.2 Å². The Kier molecular flexibility index (Phi) is 7.64. The van der Waals surface area contributed by atoms with Gasteiger partial charge in [0.1, 0.15) is 0 Å². The topological polar surface area (TPSA) is 158 Å². The van der Waals surface area contributed by atoms with Gasteiger partial charge in [-0.1, -0.05) is 36.4 Å². The Hall–Kier alpha value is -3.62. The summed E-state index contributed by atoms with van der Waals surface area (Å²) in [6.07, 6.45) is 4.95. The quantitative estimate of drug-likeness (QED) is 0.249. The molecule has 8 N–H and O–H groups in total. The van der Waals surface area contributed by atoms with E-state index in [1.165, 1.54) is 0 Å². The van der Waals surface area contributed by atoms with E-state index >= 15 is 0 Å². The molecule has 4 rings (SSSR count). The first kappa shape index (κ1) is 23.1. The Morgan fingerprint density at radius 2 is 1.09 bits per heavy atom. The molecule has 0 aliphatic carbocycles. The number of para-hydroxylation sites is 2. The molecule has 0 aliphatic heterocycles. The van der Waals surface area contributed by atoms with E-state index in [0.29, 0.717) is 12.8 Å². The normalized spacial score (nSPS) is 12.8. The third kappa shape index (κ3) is 6.19. The minimum atomic E-state index is -0.854. The van der Waals surface area contributed by atoms with E-state index in [9.17, 15) is 9.59 Å². The lowest BCUT2D eigenvalue weighted by atomic mass is 10.0. The molecule has 168 valence electrons. The molecule has 4 aromatic rings. The highest BCUT2D eigenvalue weighted by atomic mass is 16.4. The number of carbonyl (C=O) groups is 2. The first-order valence-electron chi connectivity index (χ1n) is 10.4. The molecule has 0 saturated carbocycles. The van der Waals surface area contributed by atoms with Crippen molar-refractivity contribution >= 4 is 33.7 Å². The van der Waals surface area contributed by atoms with Gasteiger partial charge in [0, 0.05) is 46.3 Å². The van der Waals surface area contributed by atoms with E-state index < -0.39 is 11.9 Å². The predicted molar refractivity (Wildman–Crippen MR) is 124 cm³/mol. The maximum Gasteiger partial charge on any atom is 0.304 e. The third-order valence-corrected chi connectivity index (χ3v) is 5.19. The van der Waals surface area contributed by atoms with Crippen LogP contribution in [0.2, 0.25) is 0 Å². The van der Waals surface area contributed by atoms with E-state index in [2.05, 4.69) is 9.97 Å². The van der Waals surface area contributed by atoms with Crippen LogP contribution in [0.25, 0.3) is 21.8 Å². The molecule has 32 heavy (non-hydrogen) atoms. The van der Waals surface area contributed by atoms with Gasteiger partial charge in [-0.3, -0.25) is 9.59 Å². The van der Waals surface area contributed by atoms with Crippen molar-refractivity contribution in [1.29, 1.82) is 0 Å². The number of rotatable bonds is 8. The van der Waals surface area contributed by atoms with E-state index in [1.54, 1.807) is 0 Å². The molecule has 2 atom stereocenters. The Bertz CT molecular complexity index is 1100. The highest BCUT2D eigenvalue weighted by Crippen LogP contribution is 2.20. The molecule has 8 nitrogen and oxygen atoms in total. The average Bonchev–Trinajstić information content (AvgIpc) is 3.32. The van der Waals surface area contributed by atoms with E-state index in [4.69, 9.17) is 21.7 Å². The second kappa shape index (κ2) is 10.6. The fourth-order valence-corrected chi connectivity index (χ4v) is 3.76. The lowest BCUT2D eigenvalue weighted by molar-refractivity contribution is -0.138. The van der Waals surface area contributed by atoms with Gasteiger partial charge in [0.05, 0.1) is 12.8 Å². The number of benzene rings is 2. The van der Waals surface area contributed by atoms with Crippen molar-refractivity contribution in [3.05, 3.63) is 72.1 Å². The second-order valence-electron chi connectivity index (χ2n) is 7.84. The number of H-pyrrole nitrogens is 2. The van der Waals surface area contributed by atoms with Crippen molar-refractivity contribution in [1.82, 2.24) is 9.97 Å². The van der Waals surface area contributed by atoms with Crippen molar-refractivity contribution in [2.45, 2.75) is 37.8 Å². The smallest absolute Gasteiger partial charge is 0.304 e. The molecule has 0 bridgehead atoms. The first-order chi connectivity index (χ1) is 15.3. The zero-order valence-electron chi connectivity index (χ0n) is 17.6. The van der Waals surface area contributed by atoms with E-state index in [-0.39, 0.29) is 24.9 Å². The number of nitrogens with two attached hydrogens (primary N) is 2. The molecule has 1 unspecified atom stereocenters. The molecular formula is C24H28N4O4. The van der Waals surface area contributed by atoms with Crippen LogP contribution in [0.15, 0.2) is 60.9 Å². The molecule has 0 saturated heterocycles. The fourth-order valence-electron chi connectivity index (χ4n) is 3.76. The first-order valence-corrected chi connectivity index (χ1v) is 10.4. The van der Waals surface area contributed by atoms with Crippen LogP contribution in [0.4, 0.5) is 0 Å². The van der Waals surface area contributed by atoms with Crippen molar-refractivity contribution in [2.24, 2.45) is 11.5 Å². The minimum absolute atomic E-state index is 0.000489. The summed E-state index contributed by atoms with van der Waals surface area (Å²) in [4.78, 5) is 27.3. The Balaban J connectivity index is 0.000000181. The number of aliphatic carboxylic acids is 2.